The molecule has 7 atom stereocenters. The minimum Gasteiger partial charge on any atom is -0.381 e. The molecule has 41 heteroatoms. The molecule has 1 N–H and O–H groups in total. The third-order valence-corrected chi connectivity index (χ3v) is 8.62. The number of halogens is 31. The lowest BCUT2D eigenvalue weighted by Gasteiger charge is -2.42. The summed E-state index contributed by atoms with van der Waals surface area (Å²) in [5.41, 5.74) is 0. The van der Waals surface area contributed by atoms with Crippen molar-refractivity contribution in [2.45, 2.75) is 163 Å². The van der Waals surface area contributed by atoms with Gasteiger partial charge in [-0.25, -0.2) is 13.2 Å². The molecule has 0 radical (unpaired) electrons. The van der Waals surface area contributed by atoms with Crippen LogP contribution in [0, 0.1) is 5.92 Å². The molecule has 10 nitrogen and oxygen atoms in total. The summed E-state index contributed by atoms with van der Waals surface area (Å²) in [5, 5.41) is 0.583. The predicted molar refractivity (Wildman–Crippen MR) is 168 cm³/mol. The van der Waals surface area contributed by atoms with Gasteiger partial charge in [0.15, 0.2) is 5.78 Å². The van der Waals surface area contributed by atoms with Crippen molar-refractivity contribution in [1.82, 2.24) is 5.32 Å². The fourth-order valence-corrected chi connectivity index (χ4v) is 4.22. The van der Waals surface area contributed by atoms with Crippen molar-refractivity contribution in [1.29, 1.82) is 0 Å². The maximum Gasteiger partial charge on any atom is 0.458 e. The molecule has 1 amide bonds. The van der Waals surface area contributed by atoms with E-state index in [9.17, 15) is 141 Å². The quantitative estimate of drug-likeness (QED) is 0.0578. The molecule has 0 saturated heterocycles. The number of alkyl halides is 31. The number of Topliss-reactive ketones (excluding diaryl/α,β-unsaturated/α-hetero) is 1. The number of hydrogen-bond acceptors (Lipinski definition) is 9. The van der Waals surface area contributed by atoms with E-state index in [1.165, 1.54) is 9.47 Å². The van der Waals surface area contributed by atoms with Crippen LogP contribution in [0.4, 0.5) is 136 Å². The van der Waals surface area contributed by atoms with Crippen LogP contribution in [-0.2, 0) is 42.7 Å². The zero-order valence-corrected chi connectivity index (χ0v) is 36.2. The van der Waals surface area contributed by atoms with Crippen molar-refractivity contribution in [3.8, 4) is 0 Å². The highest BCUT2D eigenvalue weighted by Gasteiger charge is 2.87. The second-order valence-electron chi connectivity index (χ2n) is 15.1. The van der Waals surface area contributed by atoms with Crippen LogP contribution in [0.2, 0.25) is 0 Å². The van der Waals surface area contributed by atoms with Gasteiger partial charge < -0.3 is 10.1 Å². The van der Waals surface area contributed by atoms with Gasteiger partial charge in [0.25, 0.3) is 11.8 Å². The lowest BCUT2D eigenvalue weighted by atomic mass is 9.97. The van der Waals surface area contributed by atoms with Gasteiger partial charge in [0, 0.05) is 60.8 Å². The summed E-state index contributed by atoms with van der Waals surface area (Å²) >= 11 is 0. The maximum absolute atomic E-state index is 15.0. The summed E-state index contributed by atoms with van der Waals surface area (Å²) in [7, 11) is 0. The Hall–Kier alpha value is -3.31. The molecule has 0 saturated carbocycles. The summed E-state index contributed by atoms with van der Waals surface area (Å²) in [5.74, 6) is -59.3. The average molecular weight is 1160 g/mol. The first kappa shape index (κ1) is 69.7. The molecule has 0 aliphatic rings. The molecule has 0 aromatic carbocycles. The summed E-state index contributed by atoms with van der Waals surface area (Å²) in [6.45, 7) is -6.58. The molecule has 0 heterocycles. The number of ketones is 1. The van der Waals surface area contributed by atoms with Crippen molar-refractivity contribution >= 4 is 11.7 Å². The van der Waals surface area contributed by atoms with E-state index in [4.69, 9.17) is 4.74 Å². The second-order valence-corrected chi connectivity index (χ2v) is 15.1. The highest BCUT2D eigenvalue weighted by atomic mass is 19.4. The zero-order valence-electron chi connectivity index (χ0n) is 36.2. The van der Waals surface area contributed by atoms with Gasteiger partial charge in [0.2, 0.25) is 0 Å². The highest BCUT2D eigenvalue weighted by molar-refractivity contribution is 5.85. The number of rotatable bonds is 29. The van der Waals surface area contributed by atoms with Crippen LogP contribution >= 0.6 is 0 Å². The van der Waals surface area contributed by atoms with Crippen molar-refractivity contribution in [2.75, 3.05) is 19.8 Å². The molecule has 436 valence electrons. The van der Waals surface area contributed by atoms with Crippen LogP contribution in [0.1, 0.15) is 60.8 Å². The average Bonchev–Trinajstić information content (AvgIpc) is 3.10. The Balaban J connectivity index is 6.15. The molecule has 0 aromatic rings. The van der Waals surface area contributed by atoms with Gasteiger partial charge in [0.05, 0.1) is 0 Å². The lowest BCUT2D eigenvalue weighted by Crippen LogP contribution is -2.70. The number of amides is 1. The smallest absolute Gasteiger partial charge is 0.381 e. The van der Waals surface area contributed by atoms with Gasteiger partial charge in [-0.3, -0.25) is 38.0 Å². The first-order valence-corrected chi connectivity index (χ1v) is 18.4. The van der Waals surface area contributed by atoms with Crippen LogP contribution in [0.3, 0.4) is 0 Å². The van der Waals surface area contributed by atoms with E-state index < -0.39 is 186 Å². The Morgan fingerprint density at radius 2 is 0.781 bits per heavy atom. The molecular weight excluding hydrogens is 1130 g/mol. The first-order valence-electron chi connectivity index (χ1n) is 18.4. The Bertz CT molecular complexity index is 1860. The maximum atomic E-state index is 15.0. The lowest BCUT2D eigenvalue weighted by molar-refractivity contribution is -0.573. The summed E-state index contributed by atoms with van der Waals surface area (Å²) in [6, 6.07) is 0. The fourth-order valence-electron chi connectivity index (χ4n) is 4.22. The van der Waals surface area contributed by atoms with E-state index in [-0.39, 0.29) is 6.92 Å². The van der Waals surface area contributed by atoms with Gasteiger partial charge in [-0.15, -0.1) is 0 Å². The van der Waals surface area contributed by atoms with Crippen LogP contribution < -0.4 is 5.32 Å². The molecule has 0 bridgehead atoms. The minimum atomic E-state index is -8.58. The third kappa shape index (κ3) is 15.4. The van der Waals surface area contributed by atoms with Gasteiger partial charge in [-0.1, -0.05) is 13.3 Å². The fraction of sp³-hybridized carbons (Fsp3) is 0.938. The number of carbonyl (C=O) groups is 2. The van der Waals surface area contributed by atoms with E-state index in [1.807, 2.05) is 4.74 Å². The molecule has 0 aliphatic heterocycles. The first-order chi connectivity index (χ1) is 31.5. The Morgan fingerprint density at radius 1 is 0.438 bits per heavy atom. The van der Waals surface area contributed by atoms with Gasteiger partial charge in [-0.2, -0.15) is 123 Å². The molecule has 7 unspecified atom stereocenters. The van der Waals surface area contributed by atoms with E-state index in [1.54, 1.807) is 0 Å². The standard InChI is InChI=1S/C32H32F31NO9/c1-7-13(11-14(65)16(2,33)68-29(56,57)19(5,38)70-30(58,59)20(6,39)69-27(52,53)17(3,34)35)12-67-10-8-9-64-15(66)21(40,24(43,44)45)71-31(60,61)22(41,25(46,47)48)73-32(62,63)23(42,26(49,50)51)72-28(54,55)18(4,36)37/h13H,7-12H2,1-6H3,(H,64,66). The Morgan fingerprint density at radius 3 is 1.14 bits per heavy atom. The second kappa shape index (κ2) is 21.3. The number of carbonyl (C=O) groups excluding carboxylic acids is 2. The largest absolute Gasteiger partial charge is 0.458 e. The van der Waals surface area contributed by atoms with Crippen molar-refractivity contribution in [3.05, 3.63) is 0 Å². The van der Waals surface area contributed by atoms with Gasteiger partial charge >= 0.3 is 96.3 Å². The molecule has 73 heavy (non-hydrogen) atoms. The Labute approximate surface area is 385 Å². The molecule has 0 aliphatic carbocycles. The van der Waals surface area contributed by atoms with Crippen molar-refractivity contribution in [3.63, 3.8) is 0 Å². The number of ether oxygens (including phenoxy) is 7. The third-order valence-electron chi connectivity index (χ3n) is 8.62. The van der Waals surface area contributed by atoms with E-state index in [2.05, 4.69) is 14.2 Å². The predicted octanol–water partition coefficient (Wildman–Crippen LogP) is 12.2. The summed E-state index contributed by atoms with van der Waals surface area (Å²) in [6.07, 6.45) is -70.2. The summed E-state index contributed by atoms with van der Waals surface area (Å²) in [4.78, 5) is 24.4. The van der Waals surface area contributed by atoms with E-state index in [0.717, 1.165) is 6.92 Å². The molecular formula is C32H32F31NO9. The van der Waals surface area contributed by atoms with Crippen LogP contribution in [0.15, 0.2) is 0 Å². The SMILES string of the molecule is CCC(COCCCNC(=O)C(F)(OC(F)(F)C(F)(OC(F)(F)C(F)(OC(F)(F)C(C)(F)F)C(F)(F)F)C(F)(F)F)C(F)(F)F)CC(=O)C(C)(F)OC(F)(F)C(C)(F)OC(F)(F)C(C)(F)OC(F)(F)C(C)(F)F. The molecule has 0 aromatic heterocycles. The molecule has 0 spiro atoms. The van der Waals surface area contributed by atoms with Crippen molar-refractivity contribution < 1.29 is 179 Å². The molecule has 0 fully saturated rings. The number of hydrogen-bond donors (Lipinski definition) is 1. The van der Waals surface area contributed by atoms with Crippen LogP contribution in [0.25, 0.3) is 0 Å². The van der Waals surface area contributed by atoms with Crippen LogP contribution in [-0.4, -0.2) is 134 Å². The van der Waals surface area contributed by atoms with Crippen molar-refractivity contribution in [2.24, 2.45) is 5.92 Å². The van der Waals surface area contributed by atoms with Gasteiger partial charge in [-0.05, 0) is 12.3 Å². The van der Waals surface area contributed by atoms with E-state index >= 15 is 4.39 Å². The monoisotopic (exact) mass is 1160 g/mol. The highest BCUT2D eigenvalue weighted by Crippen LogP contribution is 2.58. The van der Waals surface area contributed by atoms with Gasteiger partial charge in [0.1, 0.15) is 0 Å². The summed E-state index contributed by atoms with van der Waals surface area (Å²) < 4.78 is 447. The zero-order chi connectivity index (χ0) is 59.1. The normalized spacial score (nSPS) is 20.2. The van der Waals surface area contributed by atoms with Crippen LogP contribution in [0.5, 0.6) is 0 Å². The minimum absolute atomic E-state index is 0.272. The topological polar surface area (TPSA) is 111 Å². The molecule has 0 rings (SSSR count). The number of nitrogens with one attached hydrogen (secondary N) is 1. The van der Waals surface area contributed by atoms with E-state index in [0.29, 0.717) is 5.32 Å². The Kier molecular flexibility index (Phi) is 20.3.